The Morgan fingerprint density at radius 3 is 1.93 bits per heavy atom. The third kappa shape index (κ3) is 4.28. The number of fused-ring (bicyclic) bond motifs is 2. The molecule has 9 heteroatoms. The lowest BCUT2D eigenvalue weighted by Crippen LogP contribution is -2.61. The van der Waals surface area contributed by atoms with E-state index in [1.165, 1.54) is 20.8 Å². The number of esters is 1. The van der Waals surface area contributed by atoms with Gasteiger partial charge in [0, 0.05) is 0 Å². The Morgan fingerprint density at radius 1 is 1.00 bits per heavy atom. The number of ether oxygens (including phenoxy) is 2. The number of carbonyl (C=O) groups excluding carboxylic acids is 1. The van der Waals surface area contributed by atoms with Gasteiger partial charge in [0.2, 0.25) is 0 Å². The molecule has 164 valence electrons. The average Bonchev–Trinajstić information content (AvgIpc) is 2.99. The van der Waals surface area contributed by atoms with Crippen LogP contribution in [-0.4, -0.2) is 36.1 Å². The molecular weight excluding hydrogens is 390 g/mol. The number of rotatable bonds is 5. The monoisotopic (exact) mass is 418 g/mol. The maximum absolute atomic E-state index is 13.8. The van der Waals surface area contributed by atoms with E-state index in [-0.39, 0.29) is 11.8 Å². The van der Waals surface area contributed by atoms with E-state index in [1.807, 2.05) is 0 Å². The van der Waals surface area contributed by atoms with Crippen LogP contribution in [0.1, 0.15) is 60.3 Å². The summed E-state index contributed by atoms with van der Waals surface area (Å²) in [6.45, 7) is 6.42. The molecular formula is C19H28F6O3. The van der Waals surface area contributed by atoms with Crippen LogP contribution in [0.15, 0.2) is 0 Å². The minimum atomic E-state index is -5.72. The maximum Gasteiger partial charge on any atom is 0.426 e. The minimum Gasteiger partial charge on any atom is -0.458 e. The molecule has 3 unspecified atom stereocenters. The molecule has 0 aromatic heterocycles. The van der Waals surface area contributed by atoms with Crippen LogP contribution in [0.4, 0.5) is 26.3 Å². The molecule has 0 aliphatic heterocycles. The summed E-state index contributed by atoms with van der Waals surface area (Å²) in [7, 11) is 0. The Bertz CT molecular complexity index is 574. The molecule has 2 rings (SSSR count). The number of alkyl halides is 6. The Hall–Kier alpha value is -0.990. The minimum absolute atomic E-state index is 0.104. The van der Waals surface area contributed by atoms with Crippen molar-refractivity contribution in [2.45, 2.75) is 83.9 Å². The van der Waals surface area contributed by atoms with E-state index in [0.29, 0.717) is 12.8 Å². The van der Waals surface area contributed by atoms with Gasteiger partial charge in [-0.1, -0.05) is 13.8 Å². The van der Waals surface area contributed by atoms with Crippen LogP contribution in [0.3, 0.4) is 0 Å². The quantitative estimate of drug-likeness (QED) is 0.426. The molecule has 0 amide bonds. The largest absolute Gasteiger partial charge is 0.458 e. The highest BCUT2D eigenvalue weighted by Gasteiger charge is 2.74. The second-order valence-corrected chi connectivity index (χ2v) is 9.60. The van der Waals surface area contributed by atoms with Crippen molar-refractivity contribution in [2.24, 2.45) is 23.2 Å². The maximum atomic E-state index is 13.8. The first-order valence-corrected chi connectivity index (χ1v) is 9.40. The van der Waals surface area contributed by atoms with E-state index in [4.69, 9.17) is 4.74 Å². The molecule has 3 nitrogen and oxygen atoms in total. The lowest BCUT2D eigenvalue weighted by atomic mass is 9.65. The second kappa shape index (κ2) is 7.06. The van der Waals surface area contributed by atoms with E-state index in [1.54, 1.807) is 13.8 Å². The lowest BCUT2D eigenvalue weighted by Gasteiger charge is -2.45. The number of carbonyl (C=O) groups is 1. The second-order valence-electron chi connectivity index (χ2n) is 9.60. The van der Waals surface area contributed by atoms with Gasteiger partial charge in [-0.05, 0) is 69.6 Å². The lowest BCUT2D eigenvalue weighted by molar-refractivity contribution is -0.386. The van der Waals surface area contributed by atoms with E-state index in [0.717, 1.165) is 6.42 Å². The van der Waals surface area contributed by atoms with Crippen molar-refractivity contribution in [3.05, 3.63) is 0 Å². The van der Waals surface area contributed by atoms with Crippen molar-refractivity contribution < 1.29 is 40.6 Å². The molecule has 0 spiro atoms. The van der Waals surface area contributed by atoms with Gasteiger partial charge in [0.1, 0.15) is 12.2 Å². The molecule has 3 atom stereocenters. The van der Waals surface area contributed by atoms with Crippen molar-refractivity contribution in [1.82, 2.24) is 0 Å². The van der Waals surface area contributed by atoms with Crippen molar-refractivity contribution in [3.8, 4) is 0 Å². The average molecular weight is 418 g/mol. The van der Waals surface area contributed by atoms with Crippen LogP contribution < -0.4 is 0 Å². The zero-order chi connectivity index (χ0) is 21.8. The van der Waals surface area contributed by atoms with Crippen molar-refractivity contribution >= 4 is 5.97 Å². The van der Waals surface area contributed by atoms with Gasteiger partial charge < -0.3 is 9.47 Å². The summed E-state index contributed by atoms with van der Waals surface area (Å²) in [6, 6.07) is 0. The highest BCUT2D eigenvalue weighted by molar-refractivity contribution is 5.71. The molecule has 2 bridgehead atoms. The molecule has 0 heterocycles. The third-order valence-electron chi connectivity index (χ3n) is 6.33. The third-order valence-corrected chi connectivity index (χ3v) is 6.33. The molecule has 0 aromatic rings. The summed E-state index contributed by atoms with van der Waals surface area (Å²) in [4.78, 5) is 11.8. The van der Waals surface area contributed by atoms with E-state index in [2.05, 4.69) is 4.74 Å². The van der Waals surface area contributed by atoms with E-state index < -0.39 is 53.9 Å². The molecule has 0 N–H and O–H groups in total. The summed E-state index contributed by atoms with van der Waals surface area (Å²) in [6.07, 6.45) is -10.6. The fourth-order valence-electron chi connectivity index (χ4n) is 4.88. The first-order chi connectivity index (χ1) is 12.4. The first-order valence-electron chi connectivity index (χ1n) is 9.40. The highest BCUT2D eigenvalue weighted by Crippen LogP contribution is 2.63. The molecule has 2 aliphatic carbocycles. The first kappa shape index (κ1) is 23.3. The van der Waals surface area contributed by atoms with Crippen LogP contribution >= 0.6 is 0 Å². The molecule has 0 saturated heterocycles. The van der Waals surface area contributed by atoms with E-state index >= 15 is 0 Å². The summed E-state index contributed by atoms with van der Waals surface area (Å²) < 4.78 is 92.1. The molecule has 2 fully saturated rings. The van der Waals surface area contributed by atoms with Crippen molar-refractivity contribution in [2.75, 3.05) is 6.61 Å². The summed E-state index contributed by atoms with van der Waals surface area (Å²) >= 11 is 0. The SMILES string of the molecule is CC(C)(C)OC(=O)COC(CC1C2CCC(C2)C1(C)C)(C(F)(F)F)C(F)(F)F. The van der Waals surface area contributed by atoms with Gasteiger partial charge in [-0.3, -0.25) is 0 Å². The Kier molecular flexibility index (Phi) is 5.87. The Balaban J connectivity index is 2.33. The smallest absolute Gasteiger partial charge is 0.426 e. The zero-order valence-electron chi connectivity index (χ0n) is 16.8. The van der Waals surface area contributed by atoms with Gasteiger partial charge in [0.15, 0.2) is 0 Å². The molecule has 2 saturated carbocycles. The Morgan fingerprint density at radius 2 is 1.54 bits per heavy atom. The van der Waals surface area contributed by atoms with Crippen LogP contribution in [0.5, 0.6) is 0 Å². The summed E-state index contributed by atoms with van der Waals surface area (Å²) in [5.41, 5.74) is -6.10. The van der Waals surface area contributed by atoms with Crippen LogP contribution in [0.25, 0.3) is 0 Å². The molecule has 28 heavy (non-hydrogen) atoms. The van der Waals surface area contributed by atoms with Crippen LogP contribution in [0.2, 0.25) is 0 Å². The predicted molar refractivity (Wildman–Crippen MR) is 89.4 cm³/mol. The predicted octanol–water partition coefficient (Wildman–Crippen LogP) is 5.67. The fraction of sp³-hybridized carbons (Fsp3) is 0.947. The normalized spacial score (nSPS) is 27.9. The molecule has 0 radical (unpaired) electrons. The molecule has 0 aromatic carbocycles. The number of hydrogen-bond donors (Lipinski definition) is 0. The van der Waals surface area contributed by atoms with Crippen LogP contribution in [0, 0.1) is 23.2 Å². The summed E-state index contributed by atoms with van der Waals surface area (Å²) in [5, 5.41) is 0. The van der Waals surface area contributed by atoms with Gasteiger partial charge in [0.25, 0.3) is 5.60 Å². The van der Waals surface area contributed by atoms with Crippen molar-refractivity contribution in [1.29, 1.82) is 0 Å². The van der Waals surface area contributed by atoms with Gasteiger partial charge in [-0.15, -0.1) is 0 Å². The fourth-order valence-corrected chi connectivity index (χ4v) is 4.88. The van der Waals surface area contributed by atoms with Crippen molar-refractivity contribution in [3.63, 3.8) is 0 Å². The van der Waals surface area contributed by atoms with Crippen LogP contribution in [-0.2, 0) is 14.3 Å². The zero-order valence-corrected chi connectivity index (χ0v) is 16.8. The van der Waals surface area contributed by atoms with Gasteiger partial charge >= 0.3 is 18.3 Å². The topological polar surface area (TPSA) is 35.5 Å². The van der Waals surface area contributed by atoms with Gasteiger partial charge in [0.05, 0.1) is 0 Å². The van der Waals surface area contributed by atoms with Gasteiger partial charge in [-0.25, -0.2) is 4.79 Å². The number of hydrogen-bond acceptors (Lipinski definition) is 3. The van der Waals surface area contributed by atoms with E-state index in [9.17, 15) is 31.1 Å². The number of halogens is 6. The summed E-state index contributed by atoms with van der Waals surface area (Å²) in [5.74, 6) is -2.16. The standard InChI is InChI=1S/C19H28F6O3/c1-15(2,3)28-14(26)10-27-17(18(20,21)22,19(23,24)25)9-13-11-6-7-12(8-11)16(13,4)5/h11-13H,6-10H2,1-5H3. The van der Waals surface area contributed by atoms with Gasteiger partial charge in [-0.2, -0.15) is 26.3 Å². The molecule has 2 aliphatic rings. The highest BCUT2D eigenvalue weighted by atomic mass is 19.4. The Labute approximate surface area is 161 Å².